The van der Waals surface area contributed by atoms with Crippen molar-refractivity contribution in [2.75, 3.05) is 6.54 Å². The lowest BCUT2D eigenvalue weighted by Crippen LogP contribution is -2.33. The Morgan fingerprint density at radius 3 is 2.88 bits per heavy atom. The fourth-order valence-corrected chi connectivity index (χ4v) is 2.61. The monoisotopic (exact) mass is 222 g/mol. The van der Waals surface area contributed by atoms with E-state index in [4.69, 9.17) is 0 Å². The van der Waals surface area contributed by atoms with E-state index in [0.29, 0.717) is 6.04 Å². The van der Waals surface area contributed by atoms with Gasteiger partial charge in [-0.3, -0.25) is 0 Å². The summed E-state index contributed by atoms with van der Waals surface area (Å²) >= 11 is 0. The molecule has 16 heavy (non-hydrogen) atoms. The molecule has 1 aromatic rings. The van der Waals surface area contributed by atoms with E-state index in [1.54, 1.807) is 0 Å². The first-order valence-corrected chi connectivity index (χ1v) is 6.39. The summed E-state index contributed by atoms with van der Waals surface area (Å²) in [6.07, 6.45) is 3.78. The first-order chi connectivity index (χ1) is 7.76. The van der Waals surface area contributed by atoms with Crippen LogP contribution in [0.5, 0.6) is 0 Å². The number of aryl methyl sites for hydroxylation is 1. The zero-order chi connectivity index (χ0) is 11.5. The molecule has 2 heterocycles. The zero-order valence-electron chi connectivity index (χ0n) is 10.5. The van der Waals surface area contributed by atoms with Crippen molar-refractivity contribution in [3.63, 3.8) is 0 Å². The Kier molecular flexibility index (Phi) is 3.59. The molecule has 4 nitrogen and oxygen atoms in total. The molecule has 1 N–H and O–H groups in total. The summed E-state index contributed by atoms with van der Waals surface area (Å²) in [6, 6.07) is 0.403. The third-order valence-electron chi connectivity index (χ3n) is 3.68. The standard InChI is InChI=1S/C12H22N4/c1-4-10-6-7-13-11(8-10)12-15-14-9(3)16(12)5-2/h10-11,13H,4-8H2,1-3H3. The Hall–Kier alpha value is -0.900. The van der Waals surface area contributed by atoms with Crippen LogP contribution in [0.2, 0.25) is 0 Å². The maximum atomic E-state index is 4.33. The van der Waals surface area contributed by atoms with Crippen molar-refractivity contribution in [1.82, 2.24) is 20.1 Å². The molecule has 0 bridgehead atoms. The molecular weight excluding hydrogens is 200 g/mol. The Morgan fingerprint density at radius 1 is 1.38 bits per heavy atom. The van der Waals surface area contributed by atoms with Gasteiger partial charge in [0.15, 0.2) is 0 Å². The summed E-state index contributed by atoms with van der Waals surface area (Å²) in [5, 5.41) is 12.1. The lowest BCUT2D eigenvalue weighted by atomic mass is 9.90. The van der Waals surface area contributed by atoms with Gasteiger partial charge in [-0.1, -0.05) is 13.3 Å². The highest BCUT2D eigenvalue weighted by Crippen LogP contribution is 2.28. The minimum atomic E-state index is 0.403. The lowest BCUT2D eigenvalue weighted by Gasteiger charge is -2.29. The van der Waals surface area contributed by atoms with E-state index in [1.165, 1.54) is 19.3 Å². The van der Waals surface area contributed by atoms with Crippen LogP contribution in [0.3, 0.4) is 0 Å². The van der Waals surface area contributed by atoms with Crippen LogP contribution in [0.1, 0.15) is 50.8 Å². The molecule has 1 aliphatic rings. The summed E-state index contributed by atoms with van der Waals surface area (Å²) in [4.78, 5) is 0. The first-order valence-electron chi connectivity index (χ1n) is 6.39. The normalized spacial score (nSPS) is 25.9. The van der Waals surface area contributed by atoms with Crippen molar-refractivity contribution in [1.29, 1.82) is 0 Å². The number of piperidine rings is 1. The Bertz CT molecular complexity index is 345. The van der Waals surface area contributed by atoms with Crippen molar-refractivity contribution in [2.45, 2.75) is 52.6 Å². The summed E-state index contributed by atoms with van der Waals surface area (Å²) in [5.41, 5.74) is 0. The van der Waals surface area contributed by atoms with Crippen LogP contribution in [0, 0.1) is 12.8 Å². The van der Waals surface area contributed by atoms with Gasteiger partial charge in [0.2, 0.25) is 0 Å². The summed E-state index contributed by atoms with van der Waals surface area (Å²) in [7, 11) is 0. The van der Waals surface area contributed by atoms with Crippen molar-refractivity contribution in [3.05, 3.63) is 11.6 Å². The highest BCUT2D eigenvalue weighted by atomic mass is 15.3. The van der Waals surface area contributed by atoms with E-state index < -0.39 is 0 Å². The predicted octanol–water partition coefficient (Wildman–Crippen LogP) is 2.06. The minimum Gasteiger partial charge on any atom is -0.314 e. The first kappa shape index (κ1) is 11.6. The number of nitrogens with one attached hydrogen (secondary N) is 1. The number of rotatable bonds is 3. The fourth-order valence-electron chi connectivity index (χ4n) is 2.61. The zero-order valence-corrected chi connectivity index (χ0v) is 10.5. The molecule has 2 atom stereocenters. The van der Waals surface area contributed by atoms with Crippen LogP contribution in [0.25, 0.3) is 0 Å². The van der Waals surface area contributed by atoms with Crippen LogP contribution in [-0.4, -0.2) is 21.3 Å². The summed E-state index contributed by atoms with van der Waals surface area (Å²) in [6.45, 7) is 8.53. The second kappa shape index (κ2) is 4.95. The molecule has 0 radical (unpaired) electrons. The average molecular weight is 222 g/mol. The van der Waals surface area contributed by atoms with Crippen molar-refractivity contribution >= 4 is 0 Å². The van der Waals surface area contributed by atoms with E-state index in [0.717, 1.165) is 30.7 Å². The molecule has 0 aliphatic carbocycles. The molecule has 0 spiro atoms. The number of aromatic nitrogens is 3. The Balaban J connectivity index is 2.16. The maximum absolute atomic E-state index is 4.33. The molecule has 90 valence electrons. The van der Waals surface area contributed by atoms with Gasteiger partial charge in [0.25, 0.3) is 0 Å². The van der Waals surface area contributed by atoms with Crippen molar-refractivity contribution in [3.8, 4) is 0 Å². The van der Waals surface area contributed by atoms with Crippen molar-refractivity contribution < 1.29 is 0 Å². The van der Waals surface area contributed by atoms with Crippen LogP contribution in [0.15, 0.2) is 0 Å². The fraction of sp³-hybridized carbons (Fsp3) is 0.833. The molecule has 0 saturated carbocycles. The average Bonchev–Trinajstić information content (AvgIpc) is 2.70. The molecule has 0 amide bonds. The maximum Gasteiger partial charge on any atom is 0.150 e. The van der Waals surface area contributed by atoms with Gasteiger partial charge in [0.1, 0.15) is 11.6 Å². The van der Waals surface area contributed by atoms with Crippen LogP contribution in [0.4, 0.5) is 0 Å². The van der Waals surface area contributed by atoms with E-state index in [9.17, 15) is 0 Å². The largest absolute Gasteiger partial charge is 0.314 e. The molecule has 1 fully saturated rings. The highest BCUT2D eigenvalue weighted by molar-refractivity contribution is 5.02. The molecular formula is C12H22N4. The van der Waals surface area contributed by atoms with E-state index in [2.05, 4.69) is 33.9 Å². The van der Waals surface area contributed by atoms with Crippen LogP contribution in [-0.2, 0) is 6.54 Å². The van der Waals surface area contributed by atoms with Gasteiger partial charge in [-0.05, 0) is 39.2 Å². The van der Waals surface area contributed by atoms with Crippen LogP contribution >= 0.6 is 0 Å². The summed E-state index contributed by atoms with van der Waals surface area (Å²) in [5.74, 6) is 2.99. The molecule has 2 rings (SSSR count). The third-order valence-corrected chi connectivity index (χ3v) is 3.68. The van der Waals surface area contributed by atoms with E-state index in [-0.39, 0.29) is 0 Å². The topological polar surface area (TPSA) is 42.7 Å². The van der Waals surface area contributed by atoms with Gasteiger partial charge in [0.05, 0.1) is 6.04 Å². The van der Waals surface area contributed by atoms with Crippen LogP contribution < -0.4 is 5.32 Å². The second-order valence-electron chi connectivity index (χ2n) is 4.66. The Labute approximate surface area is 97.5 Å². The third kappa shape index (κ3) is 2.12. The predicted molar refractivity (Wildman–Crippen MR) is 64.2 cm³/mol. The van der Waals surface area contributed by atoms with Crippen molar-refractivity contribution in [2.24, 2.45) is 5.92 Å². The SMILES string of the molecule is CCC1CCNC(c2nnc(C)n2CC)C1. The smallest absolute Gasteiger partial charge is 0.150 e. The van der Waals surface area contributed by atoms with E-state index in [1.807, 2.05) is 6.92 Å². The second-order valence-corrected chi connectivity index (χ2v) is 4.66. The van der Waals surface area contributed by atoms with Gasteiger partial charge in [0, 0.05) is 6.54 Å². The molecule has 0 aromatic carbocycles. The van der Waals surface area contributed by atoms with E-state index >= 15 is 0 Å². The minimum absolute atomic E-state index is 0.403. The lowest BCUT2D eigenvalue weighted by molar-refractivity contribution is 0.286. The van der Waals surface area contributed by atoms with Gasteiger partial charge < -0.3 is 9.88 Å². The number of hydrogen-bond donors (Lipinski definition) is 1. The molecule has 4 heteroatoms. The Morgan fingerprint density at radius 2 is 2.19 bits per heavy atom. The van der Waals surface area contributed by atoms with Gasteiger partial charge >= 0.3 is 0 Å². The number of nitrogens with zero attached hydrogens (tertiary/aromatic N) is 3. The molecule has 1 saturated heterocycles. The van der Waals surface area contributed by atoms with Gasteiger partial charge in [-0.15, -0.1) is 10.2 Å². The summed E-state index contributed by atoms with van der Waals surface area (Å²) < 4.78 is 2.22. The number of hydrogen-bond acceptors (Lipinski definition) is 3. The van der Waals surface area contributed by atoms with Gasteiger partial charge in [-0.25, -0.2) is 0 Å². The highest BCUT2D eigenvalue weighted by Gasteiger charge is 2.25. The molecule has 1 aliphatic heterocycles. The van der Waals surface area contributed by atoms with Gasteiger partial charge in [-0.2, -0.15) is 0 Å². The molecule has 1 aromatic heterocycles. The molecule has 2 unspecified atom stereocenters. The quantitative estimate of drug-likeness (QED) is 0.851.